The van der Waals surface area contributed by atoms with Crippen LogP contribution in [0.25, 0.3) is 0 Å². The fraction of sp³-hybridized carbons (Fsp3) is 0.400. The second-order valence-corrected chi connectivity index (χ2v) is 5.70. The molecule has 0 aliphatic carbocycles. The van der Waals surface area contributed by atoms with E-state index in [2.05, 4.69) is 9.71 Å². The molecule has 0 radical (unpaired) electrons. The number of aromatic nitrogens is 1. The molecule has 0 spiro atoms. The fourth-order valence-corrected chi connectivity index (χ4v) is 3.09. The predicted octanol–water partition coefficient (Wildman–Crippen LogP) is 0.911. The summed E-state index contributed by atoms with van der Waals surface area (Å²) >= 11 is 0. The first-order chi connectivity index (χ1) is 7.83. The van der Waals surface area contributed by atoms with Crippen molar-refractivity contribution in [2.24, 2.45) is 0 Å². The quantitative estimate of drug-likeness (QED) is 0.809. The van der Waals surface area contributed by atoms with Gasteiger partial charge in [0.25, 0.3) is 5.91 Å². The predicted molar refractivity (Wildman–Crippen MR) is 62.8 cm³/mol. The molecule has 1 aromatic rings. The van der Waals surface area contributed by atoms with Gasteiger partial charge in [0.2, 0.25) is 0 Å². The Hall–Kier alpha value is -1.63. The Morgan fingerprint density at radius 1 is 1.35 bits per heavy atom. The molecule has 0 atom stereocenters. The first-order valence-corrected chi connectivity index (χ1v) is 6.61. The van der Waals surface area contributed by atoms with Gasteiger partial charge < -0.3 is 0 Å². The second kappa shape index (κ2) is 3.69. The molecule has 0 fully saturated rings. The number of fused-ring (bicyclic) bond motifs is 1. The Morgan fingerprint density at radius 2 is 2.00 bits per heavy atom. The highest BCUT2D eigenvalue weighted by molar-refractivity contribution is 7.91. The van der Waals surface area contributed by atoms with E-state index in [1.54, 1.807) is 32.9 Å². The molecule has 0 bridgehead atoms. The Labute approximate surface area is 99.8 Å². The Balaban J connectivity index is 2.62. The normalized spacial score (nSPS) is 17.9. The standard InChI is InChI=1S/C10H13N3O3S/c1-6(2)13-10(14)8-5-4-7(3)11-9(8)12-17(13,15)16/h4-6H,1-3H3,(H,11,12). The summed E-state index contributed by atoms with van der Waals surface area (Å²) in [5.41, 5.74) is 0.927. The molecule has 0 aromatic carbocycles. The van der Waals surface area contributed by atoms with Gasteiger partial charge >= 0.3 is 10.2 Å². The van der Waals surface area contributed by atoms with Gasteiger partial charge in [-0.1, -0.05) is 0 Å². The van der Waals surface area contributed by atoms with Gasteiger partial charge in [-0.05, 0) is 32.9 Å². The van der Waals surface area contributed by atoms with Crippen molar-refractivity contribution in [3.05, 3.63) is 23.4 Å². The van der Waals surface area contributed by atoms with Crippen LogP contribution in [0.5, 0.6) is 0 Å². The van der Waals surface area contributed by atoms with E-state index in [0.717, 1.165) is 4.31 Å². The number of nitrogens with one attached hydrogen (secondary N) is 1. The minimum absolute atomic E-state index is 0.104. The molecule has 0 saturated carbocycles. The minimum Gasteiger partial charge on any atom is -0.268 e. The van der Waals surface area contributed by atoms with Crippen molar-refractivity contribution in [1.29, 1.82) is 0 Å². The number of nitrogens with zero attached hydrogens (tertiary/aromatic N) is 2. The number of anilines is 1. The highest BCUT2D eigenvalue weighted by atomic mass is 32.2. The van der Waals surface area contributed by atoms with Crippen LogP contribution >= 0.6 is 0 Å². The highest BCUT2D eigenvalue weighted by Gasteiger charge is 2.37. The number of hydrogen-bond donors (Lipinski definition) is 1. The summed E-state index contributed by atoms with van der Waals surface area (Å²) in [4.78, 5) is 16.1. The number of amides is 1. The Bertz CT molecular complexity index is 580. The third kappa shape index (κ3) is 1.86. The summed E-state index contributed by atoms with van der Waals surface area (Å²) in [5, 5.41) is 0. The number of carbonyl (C=O) groups is 1. The summed E-state index contributed by atoms with van der Waals surface area (Å²) in [7, 11) is -3.83. The third-order valence-corrected chi connectivity index (χ3v) is 3.98. The van der Waals surface area contributed by atoms with Gasteiger partial charge in [-0.25, -0.2) is 14.0 Å². The van der Waals surface area contributed by atoms with Crippen molar-refractivity contribution in [3.8, 4) is 0 Å². The number of rotatable bonds is 1. The lowest BCUT2D eigenvalue weighted by atomic mass is 10.2. The maximum absolute atomic E-state index is 12.1. The van der Waals surface area contributed by atoms with Crippen molar-refractivity contribution in [3.63, 3.8) is 0 Å². The van der Waals surface area contributed by atoms with E-state index in [4.69, 9.17) is 0 Å². The van der Waals surface area contributed by atoms with E-state index in [1.807, 2.05) is 0 Å². The molecule has 0 saturated heterocycles. The van der Waals surface area contributed by atoms with E-state index in [0.29, 0.717) is 5.69 Å². The minimum atomic E-state index is -3.83. The summed E-state index contributed by atoms with van der Waals surface area (Å²) in [6.45, 7) is 5.02. The van der Waals surface area contributed by atoms with E-state index in [1.165, 1.54) is 0 Å². The van der Waals surface area contributed by atoms with Crippen LogP contribution in [-0.2, 0) is 10.2 Å². The fourth-order valence-electron chi connectivity index (χ4n) is 1.72. The first-order valence-electron chi connectivity index (χ1n) is 5.17. The van der Waals surface area contributed by atoms with Gasteiger partial charge in [0, 0.05) is 11.7 Å². The van der Waals surface area contributed by atoms with Crippen LogP contribution in [0.1, 0.15) is 29.9 Å². The lowest BCUT2D eigenvalue weighted by Gasteiger charge is -2.30. The SMILES string of the molecule is Cc1ccc2c(n1)NS(=O)(=O)N(C(C)C)C2=O. The third-order valence-electron chi connectivity index (χ3n) is 2.42. The maximum Gasteiger partial charge on any atom is 0.327 e. The lowest BCUT2D eigenvalue weighted by Crippen LogP contribution is -2.48. The second-order valence-electron chi connectivity index (χ2n) is 4.15. The number of aryl methyl sites for hydroxylation is 1. The van der Waals surface area contributed by atoms with Crippen LogP contribution in [0.15, 0.2) is 12.1 Å². The van der Waals surface area contributed by atoms with Crippen LogP contribution in [0.4, 0.5) is 5.82 Å². The number of pyridine rings is 1. The zero-order valence-electron chi connectivity index (χ0n) is 9.76. The lowest BCUT2D eigenvalue weighted by molar-refractivity contribution is 0.0833. The Kier molecular flexibility index (Phi) is 2.57. The van der Waals surface area contributed by atoms with Crippen molar-refractivity contribution in [2.45, 2.75) is 26.8 Å². The maximum atomic E-state index is 12.1. The summed E-state index contributed by atoms with van der Waals surface area (Å²) in [5.74, 6) is -0.437. The summed E-state index contributed by atoms with van der Waals surface area (Å²) in [6.07, 6.45) is 0. The van der Waals surface area contributed by atoms with Crippen molar-refractivity contribution < 1.29 is 13.2 Å². The molecule has 17 heavy (non-hydrogen) atoms. The van der Waals surface area contributed by atoms with E-state index < -0.39 is 22.2 Å². The first kappa shape index (κ1) is 11.8. The van der Waals surface area contributed by atoms with Gasteiger partial charge in [0.05, 0.1) is 5.56 Å². The largest absolute Gasteiger partial charge is 0.327 e. The molecule has 2 rings (SSSR count). The molecule has 0 unspecified atom stereocenters. The summed E-state index contributed by atoms with van der Waals surface area (Å²) in [6, 6.07) is 2.82. The molecule has 7 heteroatoms. The molecule has 2 heterocycles. The van der Waals surface area contributed by atoms with Gasteiger partial charge in [-0.3, -0.25) is 4.79 Å². The molecule has 1 amide bonds. The molecule has 92 valence electrons. The van der Waals surface area contributed by atoms with Crippen LogP contribution in [-0.4, -0.2) is 29.7 Å². The van der Waals surface area contributed by atoms with Crippen LogP contribution < -0.4 is 4.72 Å². The number of carbonyl (C=O) groups excluding carboxylic acids is 1. The average molecular weight is 255 g/mol. The van der Waals surface area contributed by atoms with Crippen molar-refractivity contribution in [1.82, 2.24) is 9.29 Å². The van der Waals surface area contributed by atoms with Crippen LogP contribution in [0.2, 0.25) is 0 Å². The van der Waals surface area contributed by atoms with Gasteiger partial charge in [-0.2, -0.15) is 8.42 Å². The zero-order valence-corrected chi connectivity index (χ0v) is 10.6. The van der Waals surface area contributed by atoms with Crippen LogP contribution in [0, 0.1) is 6.92 Å². The van der Waals surface area contributed by atoms with Crippen LogP contribution in [0.3, 0.4) is 0 Å². The van der Waals surface area contributed by atoms with E-state index >= 15 is 0 Å². The molecule has 1 N–H and O–H groups in total. The van der Waals surface area contributed by atoms with Crippen molar-refractivity contribution in [2.75, 3.05) is 4.72 Å². The Morgan fingerprint density at radius 3 is 2.59 bits per heavy atom. The van der Waals surface area contributed by atoms with Gasteiger partial charge in [-0.15, -0.1) is 0 Å². The van der Waals surface area contributed by atoms with Gasteiger partial charge in [0.1, 0.15) is 0 Å². The molecule has 6 nitrogen and oxygen atoms in total. The summed E-state index contributed by atoms with van der Waals surface area (Å²) < 4.78 is 26.9. The topological polar surface area (TPSA) is 79.4 Å². The molecule has 1 aliphatic heterocycles. The van der Waals surface area contributed by atoms with E-state index in [9.17, 15) is 13.2 Å². The average Bonchev–Trinajstić information content (AvgIpc) is 2.13. The van der Waals surface area contributed by atoms with Crippen molar-refractivity contribution >= 4 is 21.9 Å². The smallest absolute Gasteiger partial charge is 0.268 e. The molecular formula is C10H13N3O3S. The van der Waals surface area contributed by atoms with E-state index in [-0.39, 0.29) is 11.4 Å². The van der Waals surface area contributed by atoms with Gasteiger partial charge in [0.15, 0.2) is 5.82 Å². The molecule has 1 aromatic heterocycles. The molecule has 1 aliphatic rings. The monoisotopic (exact) mass is 255 g/mol. The highest BCUT2D eigenvalue weighted by Crippen LogP contribution is 2.26. The zero-order chi connectivity index (χ0) is 12.8. The number of hydrogen-bond acceptors (Lipinski definition) is 4. The molecular weight excluding hydrogens is 242 g/mol.